The predicted molar refractivity (Wildman–Crippen MR) is 106 cm³/mol. The van der Waals surface area contributed by atoms with E-state index in [2.05, 4.69) is 0 Å². The van der Waals surface area contributed by atoms with Crippen molar-refractivity contribution in [2.45, 2.75) is 19.9 Å². The minimum absolute atomic E-state index is 0.264. The molecular weight excluding hydrogens is 360 g/mol. The Morgan fingerprint density at radius 1 is 1.19 bits per heavy atom. The van der Waals surface area contributed by atoms with E-state index in [0.29, 0.717) is 18.7 Å². The number of likely N-dealkylation sites (tertiary alicyclic amines) is 1. The molecule has 2 heterocycles. The van der Waals surface area contributed by atoms with Crippen LogP contribution >= 0.6 is 11.3 Å². The minimum Gasteiger partial charge on any atom is -0.326 e. The zero-order valence-electron chi connectivity index (χ0n) is 16.1. The Morgan fingerprint density at radius 3 is 2.56 bits per heavy atom. The Bertz CT molecular complexity index is 874. The van der Waals surface area contributed by atoms with Gasteiger partial charge in [-0.3, -0.25) is 14.4 Å². The molecule has 1 fully saturated rings. The maximum absolute atomic E-state index is 13.4. The highest BCUT2D eigenvalue weighted by atomic mass is 32.1. The fourth-order valence-electron chi connectivity index (χ4n) is 3.48. The van der Waals surface area contributed by atoms with Crippen molar-refractivity contribution in [2.75, 3.05) is 27.2 Å². The van der Waals surface area contributed by atoms with E-state index in [9.17, 15) is 14.4 Å². The molecule has 1 aromatic carbocycles. The van der Waals surface area contributed by atoms with Crippen LogP contribution in [-0.4, -0.2) is 54.5 Å². The number of likely N-dealkylation sites (N-methyl/N-ethyl adjacent to an activating group) is 1. The molecule has 0 aliphatic carbocycles. The average molecular weight is 385 g/mol. The Kier molecular flexibility index (Phi) is 5.58. The van der Waals surface area contributed by atoms with E-state index in [1.54, 1.807) is 4.90 Å². The smallest absolute Gasteiger partial charge is 0.291 e. The lowest BCUT2D eigenvalue weighted by Gasteiger charge is -2.27. The van der Waals surface area contributed by atoms with Crippen molar-refractivity contribution in [2.24, 2.45) is 5.92 Å². The second kappa shape index (κ2) is 7.74. The van der Waals surface area contributed by atoms with Gasteiger partial charge in [-0.25, -0.2) is 0 Å². The second-order valence-electron chi connectivity index (χ2n) is 7.29. The number of aryl methyl sites for hydroxylation is 2. The lowest BCUT2D eigenvalue weighted by Crippen LogP contribution is -2.36. The van der Waals surface area contributed by atoms with Crippen LogP contribution in [0.15, 0.2) is 35.7 Å². The number of ketones is 2. The molecule has 5 nitrogen and oxygen atoms in total. The summed E-state index contributed by atoms with van der Waals surface area (Å²) in [7, 11) is 3.84. The van der Waals surface area contributed by atoms with Crippen molar-refractivity contribution >= 4 is 28.8 Å². The Balaban J connectivity index is 2.03. The third kappa shape index (κ3) is 3.73. The van der Waals surface area contributed by atoms with E-state index >= 15 is 0 Å². The number of Topliss-reactive ketones (excluding diaryl/α,β-unsaturated/α-hetero) is 2. The number of hydrogen-bond acceptors (Lipinski definition) is 5. The zero-order valence-corrected chi connectivity index (χ0v) is 16.9. The molecule has 2 aromatic rings. The molecule has 1 aromatic heterocycles. The molecule has 142 valence electrons. The maximum Gasteiger partial charge on any atom is 0.291 e. The fraction of sp³-hybridized carbons (Fsp3) is 0.381. The molecule has 3 rings (SSSR count). The van der Waals surface area contributed by atoms with E-state index in [-0.39, 0.29) is 5.78 Å². The van der Waals surface area contributed by atoms with Crippen LogP contribution in [0.1, 0.15) is 32.4 Å². The van der Waals surface area contributed by atoms with Crippen molar-refractivity contribution in [3.05, 3.63) is 57.3 Å². The van der Waals surface area contributed by atoms with Gasteiger partial charge in [0, 0.05) is 23.5 Å². The Hall–Kier alpha value is -2.31. The van der Waals surface area contributed by atoms with Gasteiger partial charge in [-0.2, -0.15) is 0 Å². The summed E-state index contributed by atoms with van der Waals surface area (Å²) in [5, 5.41) is 1.91. The molecule has 2 unspecified atom stereocenters. The van der Waals surface area contributed by atoms with Crippen LogP contribution in [0.4, 0.5) is 0 Å². The van der Waals surface area contributed by atoms with Gasteiger partial charge in [0.15, 0.2) is 5.78 Å². The number of rotatable bonds is 6. The van der Waals surface area contributed by atoms with Crippen LogP contribution in [0.3, 0.4) is 0 Å². The van der Waals surface area contributed by atoms with Crippen molar-refractivity contribution in [3.63, 3.8) is 0 Å². The van der Waals surface area contributed by atoms with Gasteiger partial charge in [-0.1, -0.05) is 23.8 Å². The summed E-state index contributed by atoms with van der Waals surface area (Å²) in [6, 6.07) is 8.88. The summed E-state index contributed by atoms with van der Waals surface area (Å²) in [6.45, 7) is 4.82. The Labute approximate surface area is 163 Å². The molecule has 0 bridgehead atoms. The van der Waals surface area contributed by atoms with Gasteiger partial charge in [0.1, 0.15) is 5.92 Å². The second-order valence-corrected chi connectivity index (χ2v) is 8.27. The lowest BCUT2D eigenvalue weighted by molar-refractivity contribution is -0.140. The van der Waals surface area contributed by atoms with E-state index < -0.39 is 23.7 Å². The van der Waals surface area contributed by atoms with Gasteiger partial charge in [-0.15, -0.1) is 11.3 Å². The highest BCUT2D eigenvalue weighted by molar-refractivity contribution is 7.10. The van der Waals surface area contributed by atoms with Crippen molar-refractivity contribution in [1.29, 1.82) is 0 Å². The molecule has 0 radical (unpaired) electrons. The van der Waals surface area contributed by atoms with Crippen molar-refractivity contribution < 1.29 is 14.4 Å². The largest absolute Gasteiger partial charge is 0.326 e. The quantitative estimate of drug-likeness (QED) is 0.437. The van der Waals surface area contributed by atoms with Gasteiger partial charge >= 0.3 is 0 Å². The molecular formula is C21H24N2O3S. The first-order valence-electron chi connectivity index (χ1n) is 8.95. The number of hydrogen-bond donors (Lipinski definition) is 0. The van der Waals surface area contributed by atoms with E-state index in [1.807, 2.05) is 68.6 Å². The number of benzene rings is 1. The predicted octanol–water partition coefficient (Wildman–Crippen LogP) is 2.88. The van der Waals surface area contributed by atoms with Crippen LogP contribution in [0.2, 0.25) is 0 Å². The average Bonchev–Trinajstić information content (AvgIpc) is 3.22. The number of amides is 1. The summed E-state index contributed by atoms with van der Waals surface area (Å²) < 4.78 is 0. The Morgan fingerprint density at radius 2 is 1.93 bits per heavy atom. The molecule has 1 aliphatic rings. The molecule has 0 saturated carbocycles. The topological polar surface area (TPSA) is 57.7 Å². The van der Waals surface area contributed by atoms with Gasteiger partial charge in [0.25, 0.3) is 5.91 Å². The summed E-state index contributed by atoms with van der Waals surface area (Å²) in [4.78, 5) is 43.4. The van der Waals surface area contributed by atoms with Crippen molar-refractivity contribution in [1.82, 2.24) is 9.80 Å². The highest BCUT2D eigenvalue weighted by Crippen LogP contribution is 2.40. The fourth-order valence-corrected chi connectivity index (χ4v) is 4.36. The standard InChI is InChI=1S/C21H24N2O3S/c1-13-7-8-14(2)15(12-13)19(24)17-18(16-6-5-11-27-16)23(10-9-22(3)4)21(26)20(17)25/h5-8,11-12,17-18H,9-10H2,1-4H3. The highest BCUT2D eigenvalue weighted by Gasteiger charge is 2.52. The summed E-state index contributed by atoms with van der Waals surface area (Å²) in [6.07, 6.45) is 0. The van der Waals surface area contributed by atoms with Crippen LogP contribution in [0.5, 0.6) is 0 Å². The zero-order chi connectivity index (χ0) is 19.7. The lowest BCUT2D eigenvalue weighted by atomic mass is 9.87. The molecule has 0 spiro atoms. The summed E-state index contributed by atoms with van der Waals surface area (Å²) >= 11 is 1.47. The van der Waals surface area contributed by atoms with Crippen LogP contribution in [0.25, 0.3) is 0 Å². The molecule has 1 saturated heterocycles. The minimum atomic E-state index is -0.987. The number of carbonyl (C=O) groups is 3. The van der Waals surface area contributed by atoms with E-state index in [4.69, 9.17) is 0 Å². The first-order valence-corrected chi connectivity index (χ1v) is 9.83. The van der Waals surface area contributed by atoms with Gasteiger partial charge in [-0.05, 0) is 51.0 Å². The number of thiophene rings is 1. The van der Waals surface area contributed by atoms with Crippen LogP contribution < -0.4 is 0 Å². The van der Waals surface area contributed by atoms with Crippen LogP contribution in [0, 0.1) is 19.8 Å². The van der Waals surface area contributed by atoms with E-state index in [1.165, 1.54) is 11.3 Å². The molecule has 2 atom stereocenters. The van der Waals surface area contributed by atoms with Crippen LogP contribution in [-0.2, 0) is 9.59 Å². The van der Waals surface area contributed by atoms with Gasteiger partial charge in [0.2, 0.25) is 5.78 Å². The molecule has 1 amide bonds. The SMILES string of the molecule is Cc1ccc(C)c(C(=O)C2C(=O)C(=O)N(CCN(C)C)C2c2cccs2)c1. The third-order valence-electron chi connectivity index (χ3n) is 4.97. The number of nitrogens with zero attached hydrogens (tertiary/aromatic N) is 2. The molecule has 1 aliphatic heterocycles. The maximum atomic E-state index is 13.4. The summed E-state index contributed by atoms with van der Waals surface area (Å²) in [5.41, 5.74) is 2.30. The van der Waals surface area contributed by atoms with Crippen molar-refractivity contribution in [3.8, 4) is 0 Å². The third-order valence-corrected chi connectivity index (χ3v) is 5.91. The van der Waals surface area contributed by atoms with Gasteiger partial charge in [0.05, 0.1) is 6.04 Å². The number of carbonyl (C=O) groups excluding carboxylic acids is 3. The first kappa shape index (κ1) is 19.5. The molecule has 0 N–H and O–H groups in total. The normalized spacial score (nSPS) is 20.0. The van der Waals surface area contributed by atoms with E-state index in [0.717, 1.165) is 16.0 Å². The molecule has 6 heteroatoms. The molecule has 27 heavy (non-hydrogen) atoms. The monoisotopic (exact) mass is 384 g/mol. The van der Waals surface area contributed by atoms with Gasteiger partial charge < -0.3 is 9.80 Å². The summed E-state index contributed by atoms with van der Waals surface area (Å²) in [5.74, 6) is -2.41. The first-order chi connectivity index (χ1) is 12.8.